The van der Waals surface area contributed by atoms with Crippen molar-refractivity contribution >= 4 is 17.2 Å². The minimum Gasteiger partial charge on any atom is -0.345 e. The summed E-state index contributed by atoms with van der Waals surface area (Å²) in [6.45, 7) is 1.91. The van der Waals surface area contributed by atoms with Gasteiger partial charge in [0.25, 0.3) is 5.91 Å². The van der Waals surface area contributed by atoms with E-state index in [1.807, 2.05) is 19.1 Å². The fraction of sp³-hybridized carbons (Fsp3) is 0.167. The van der Waals surface area contributed by atoms with Crippen LogP contribution in [0.5, 0.6) is 0 Å². The van der Waals surface area contributed by atoms with Crippen molar-refractivity contribution in [2.45, 2.75) is 19.4 Å². The van der Waals surface area contributed by atoms with Crippen molar-refractivity contribution in [3.05, 3.63) is 81.8 Å². The number of benzene rings is 1. The molecule has 0 unspecified atom stereocenters. The lowest BCUT2D eigenvalue weighted by Crippen LogP contribution is -2.25. The maximum Gasteiger partial charge on any atom is 0.263 e. The second-order valence-corrected chi connectivity index (χ2v) is 6.52. The van der Waals surface area contributed by atoms with Gasteiger partial charge >= 0.3 is 0 Å². The van der Waals surface area contributed by atoms with Crippen LogP contribution in [0.15, 0.2) is 55.0 Å². The molecule has 2 aromatic heterocycles. The maximum atomic E-state index is 12.9. The van der Waals surface area contributed by atoms with Gasteiger partial charge in [0.15, 0.2) is 0 Å². The monoisotopic (exact) mass is 341 g/mol. The number of amides is 1. The highest BCUT2D eigenvalue weighted by atomic mass is 32.1. The predicted octanol–water partition coefficient (Wildman–Crippen LogP) is 3.76. The standard InChI is InChI=1S/C18H16FN3OS/c1-12(14-3-2-8-20-10-14)22-18(23)16-11-21-17(24-16)9-13-4-6-15(19)7-5-13/h2-8,10-12H,9H2,1H3,(H,22,23)/t12-/m0/s1. The Bertz CT molecular complexity index is 818. The molecular weight excluding hydrogens is 325 g/mol. The number of hydrogen-bond donors (Lipinski definition) is 1. The molecule has 0 aliphatic carbocycles. The third-order valence-corrected chi connectivity index (χ3v) is 4.57. The first-order valence-electron chi connectivity index (χ1n) is 7.52. The summed E-state index contributed by atoms with van der Waals surface area (Å²) < 4.78 is 12.9. The van der Waals surface area contributed by atoms with Crippen LogP contribution >= 0.6 is 11.3 Å². The van der Waals surface area contributed by atoms with E-state index in [1.54, 1.807) is 30.7 Å². The molecule has 0 aliphatic rings. The van der Waals surface area contributed by atoms with E-state index in [4.69, 9.17) is 0 Å². The molecule has 6 heteroatoms. The van der Waals surface area contributed by atoms with Crippen molar-refractivity contribution in [3.63, 3.8) is 0 Å². The summed E-state index contributed by atoms with van der Waals surface area (Å²) in [7, 11) is 0. The van der Waals surface area contributed by atoms with Crippen LogP contribution < -0.4 is 5.32 Å². The SMILES string of the molecule is C[C@H](NC(=O)c1cnc(Cc2ccc(F)cc2)s1)c1cccnc1. The zero-order valence-electron chi connectivity index (χ0n) is 13.1. The Morgan fingerprint density at radius 1 is 1.25 bits per heavy atom. The molecular formula is C18H16FN3OS. The van der Waals surface area contributed by atoms with Gasteiger partial charge in [-0.05, 0) is 36.2 Å². The van der Waals surface area contributed by atoms with Crippen LogP contribution in [0.25, 0.3) is 0 Å². The lowest BCUT2D eigenvalue weighted by atomic mass is 10.1. The van der Waals surface area contributed by atoms with Crippen molar-refractivity contribution in [1.29, 1.82) is 0 Å². The summed E-state index contributed by atoms with van der Waals surface area (Å²) >= 11 is 1.34. The van der Waals surface area contributed by atoms with Crippen LogP contribution in [0.3, 0.4) is 0 Å². The summed E-state index contributed by atoms with van der Waals surface area (Å²) in [5.74, 6) is -0.420. The Balaban J connectivity index is 1.64. The summed E-state index contributed by atoms with van der Waals surface area (Å²) in [6.07, 6.45) is 5.59. The Labute approximate surface area is 143 Å². The largest absolute Gasteiger partial charge is 0.345 e. The van der Waals surface area contributed by atoms with E-state index in [2.05, 4.69) is 15.3 Å². The van der Waals surface area contributed by atoms with Gasteiger partial charge in [-0.25, -0.2) is 9.37 Å². The number of nitrogens with one attached hydrogen (secondary N) is 1. The molecule has 1 aromatic carbocycles. The van der Waals surface area contributed by atoms with E-state index in [0.29, 0.717) is 11.3 Å². The number of carbonyl (C=O) groups excluding carboxylic acids is 1. The average Bonchev–Trinajstić information content (AvgIpc) is 3.06. The molecule has 0 saturated carbocycles. The molecule has 0 fully saturated rings. The molecule has 1 atom stereocenters. The van der Waals surface area contributed by atoms with Crippen molar-refractivity contribution in [2.24, 2.45) is 0 Å². The molecule has 4 nitrogen and oxygen atoms in total. The zero-order chi connectivity index (χ0) is 16.9. The zero-order valence-corrected chi connectivity index (χ0v) is 13.9. The van der Waals surface area contributed by atoms with E-state index in [-0.39, 0.29) is 17.8 Å². The Hall–Kier alpha value is -2.60. The predicted molar refractivity (Wildman–Crippen MR) is 91.4 cm³/mol. The molecule has 0 bridgehead atoms. The highest BCUT2D eigenvalue weighted by Gasteiger charge is 2.14. The quantitative estimate of drug-likeness (QED) is 0.769. The maximum absolute atomic E-state index is 12.9. The summed E-state index contributed by atoms with van der Waals surface area (Å²) in [5, 5.41) is 3.76. The van der Waals surface area contributed by atoms with Gasteiger partial charge in [-0.15, -0.1) is 11.3 Å². The normalized spacial score (nSPS) is 11.9. The van der Waals surface area contributed by atoms with Crippen LogP contribution in [0, 0.1) is 5.82 Å². The number of carbonyl (C=O) groups is 1. The molecule has 122 valence electrons. The fourth-order valence-corrected chi connectivity index (χ4v) is 3.11. The molecule has 0 radical (unpaired) electrons. The first-order chi connectivity index (χ1) is 11.6. The number of hydrogen-bond acceptors (Lipinski definition) is 4. The van der Waals surface area contributed by atoms with Gasteiger partial charge in [0, 0.05) is 18.8 Å². The molecule has 2 heterocycles. The molecule has 3 rings (SSSR count). The number of nitrogens with zero attached hydrogens (tertiary/aromatic N) is 2. The van der Waals surface area contributed by atoms with Gasteiger partial charge in [-0.2, -0.15) is 0 Å². The van der Waals surface area contributed by atoms with Crippen LogP contribution in [0.1, 0.15) is 38.8 Å². The third kappa shape index (κ3) is 4.02. The van der Waals surface area contributed by atoms with Gasteiger partial charge < -0.3 is 5.32 Å². The minimum atomic E-state index is -0.262. The van der Waals surface area contributed by atoms with Gasteiger partial charge in [-0.1, -0.05) is 18.2 Å². The van der Waals surface area contributed by atoms with E-state index in [9.17, 15) is 9.18 Å². The summed E-state index contributed by atoms with van der Waals surface area (Å²) in [6, 6.07) is 9.92. The summed E-state index contributed by atoms with van der Waals surface area (Å²) in [4.78, 5) is 21.2. The van der Waals surface area contributed by atoms with E-state index in [0.717, 1.165) is 16.1 Å². The first-order valence-corrected chi connectivity index (χ1v) is 8.33. The van der Waals surface area contributed by atoms with Crippen molar-refractivity contribution < 1.29 is 9.18 Å². The average molecular weight is 341 g/mol. The van der Waals surface area contributed by atoms with E-state index >= 15 is 0 Å². The van der Waals surface area contributed by atoms with E-state index in [1.165, 1.54) is 23.5 Å². The fourth-order valence-electron chi connectivity index (χ4n) is 2.26. The van der Waals surface area contributed by atoms with Crippen LogP contribution in [-0.4, -0.2) is 15.9 Å². The minimum absolute atomic E-state index is 0.131. The molecule has 1 N–H and O–H groups in total. The first kappa shape index (κ1) is 16.3. The Morgan fingerprint density at radius 3 is 2.75 bits per heavy atom. The molecule has 24 heavy (non-hydrogen) atoms. The molecule has 3 aromatic rings. The van der Waals surface area contributed by atoms with Gasteiger partial charge in [0.1, 0.15) is 10.7 Å². The molecule has 1 amide bonds. The smallest absolute Gasteiger partial charge is 0.263 e. The second-order valence-electron chi connectivity index (χ2n) is 5.40. The van der Waals surface area contributed by atoms with Crippen molar-refractivity contribution in [3.8, 4) is 0 Å². The lowest BCUT2D eigenvalue weighted by molar-refractivity contribution is 0.0943. The van der Waals surface area contributed by atoms with E-state index < -0.39 is 0 Å². The Morgan fingerprint density at radius 2 is 2.04 bits per heavy atom. The third-order valence-electron chi connectivity index (χ3n) is 3.58. The van der Waals surface area contributed by atoms with Gasteiger partial charge in [0.2, 0.25) is 0 Å². The number of halogens is 1. The van der Waals surface area contributed by atoms with Crippen molar-refractivity contribution in [1.82, 2.24) is 15.3 Å². The van der Waals surface area contributed by atoms with Crippen LogP contribution in [0.2, 0.25) is 0 Å². The van der Waals surface area contributed by atoms with Gasteiger partial charge in [0.05, 0.1) is 17.2 Å². The number of thiazole rings is 1. The highest BCUT2D eigenvalue weighted by Crippen LogP contribution is 2.19. The van der Waals surface area contributed by atoms with Gasteiger partial charge in [-0.3, -0.25) is 9.78 Å². The highest BCUT2D eigenvalue weighted by molar-refractivity contribution is 7.13. The Kier molecular flexibility index (Phi) is 4.96. The molecule has 0 saturated heterocycles. The van der Waals surface area contributed by atoms with Crippen LogP contribution in [-0.2, 0) is 6.42 Å². The topological polar surface area (TPSA) is 54.9 Å². The number of pyridine rings is 1. The van der Waals surface area contributed by atoms with Crippen LogP contribution in [0.4, 0.5) is 4.39 Å². The second kappa shape index (κ2) is 7.31. The van der Waals surface area contributed by atoms with Crippen molar-refractivity contribution in [2.75, 3.05) is 0 Å². The lowest BCUT2D eigenvalue weighted by Gasteiger charge is -2.12. The summed E-state index contributed by atoms with van der Waals surface area (Å²) in [5.41, 5.74) is 1.91. The molecule has 0 aliphatic heterocycles. The molecule has 0 spiro atoms. The number of rotatable bonds is 5. The number of aromatic nitrogens is 2.